The summed E-state index contributed by atoms with van der Waals surface area (Å²) < 4.78 is 2.02. The zero-order valence-corrected chi connectivity index (χ0v) is 16.3. The van der Waals surface area contributed by atoms with E-state index in [0.29, 0.717) is 4.48 Å². The Kier molecular flexibility index (Phi) is 6.53. The number of rotatable bonds is 4. The fraction of sp³-hybridized carbons (Fsp3) is 0.158. The van der Waals surface area contributed by atoms with E-state index in [0.717, 1.165) is 5.69 Å². The molecule has 3 N–H and O–H groups in total. The minimum Gasteiger partial charge on any atom is -0.481 e. The molecule has 1 unspecified atom stereocenters. The van der Waals surface area contributed by atoms with Gasteiger partial charge in [0.05, 0.1) is 22.9 Å². The van der Waals surface area contributed by atoms with Gasteiger partial charge >= 0.3 is 17.9 Å². The maximum absolute atomic E-state index is 10.9. The number of hydrogen-bond acceptors (Lipinski definition) is 4. The SMILES string of the molecule is CC1(C(=O)O)C=C(Br)C=C(C(=O)O)C1.O=C(O)c1cnn(-c2ccccc2)c1. The Hall–Kier alpha value is -3.20. The predicted molar refractivity (Wildman–Crippen MR) is 104 cm³/mol. The normalized spacial score (nSPS) is 18.2. The molecule has 8 nitrogen and oxygen atoms in total. The van der Waals surface area contributed by atoms with Crippen molar-refractivity contribution in [1.29, 1.82) is 0 Å². The van der Waals surface area contributed by atoms with Gasteiger partial charge in [-0.25, -0.2) is 14.3 Å². The molecular formula is C19H17BrN2O6. The zero-order chi connectivity index (χ0) is 20.9. The van der Waals surface area contributed by atoms with Gasteiger partial charge in [0.2, 0.25) is 0 Å². The molecule has 146 valence electrons. The molecule has 1 aromatic heterocycles. The summed E-state index contributed by atoms with van der Waals surface area (Å²) in [6, 6.07) is 9.36. The number of halogens is 1. The van der Waals surface area contributed by atoms with Crippen LogP contribution in [0.5, 0.6) is 0 Å². The molecule has 0 aliphatic heterocycles. The van der Waals surface area contributed by atoms with Crippen LogP contribution in [0.1, 0.15) is 23.7 Å². The van der Waals surface area contributed by atoms with Crippen LogP contribution >= 0.6 is 15.9 Å². The number of aromatic nitrogens is 2. The number of allylic oxidation sites excluding steroid dienone is 2. The molecule has 2 aromatic rings. The fourth-order valence-electron chi connectivity index (χ4n) is 2.44. The number of aromatic carboxylic acids is 1. The van der Waals surface area contributed by atoms with Crippen LogP contribution in [-0.4, -0.2) is 43.0 Å². The second-order valence-electron chi connectivity index (χ2n) is 6.22. The average Bonchev–Trinajstić information content (AvgIpc) is 3.12. The molecule has 3 rings (SSSR count). The highest BCUT2D eigenvalue weighted by molar-refractivity contribution is 9.11. The van der Waals surface area contributed by atoms with Crippen molar-refractivity contribution in [2.45, 2.75) is 13.3 Å². The van der Waals surface area contributed by atoms with Crippen LogP contribution in [0, 0.1) is 5.41 Å². The van der Waals surface area contributed by atoms with Gasteiger partial charge in [-0.3, -0.25) is 4.79 Å². The number of carboxylic acid groups (broad SMARTS) is 3. The average molecular weight is 449 g/mol. The second-order valence-corrected chi connectivity index (χ2v) is 7.13. The van der Waals surface area contributed by atoms with Gasteiger partial charge in [0, 0.05) is 16.3 Å². The highest BCUT2D eigenvalue weighted by Crippen LogP contribution is 2.36. The van der Waals surface area contributed by atoms with Crippen LogP contribution in [-0.2, 0) is 9.59 Å². The van der Waals surface area contributed by atoms with Crippen LogP contribution in [0.15, 0.2) is 64.9 Å². The van der Waals surface area contributed by atoms with E-state index in [2.05, 4.69) is 21.0 Å². The van der Waals surface area contributed by atoms with E-state index in [1.54, 1.807) is 0 Å². The van der Waals surface area contributed by atoms with E-state index < -0.39 is 23.3 Å². The van der Waals surface area contributed by atoms with E-state index in [1.165, 1.54) is 36.2 Å². The van der Waals surface area contributed by atoms with Gasteiger partial charge in [-0.05, 0) is 31.6 Å². The third-order valence-corrected chi connectivity index (χ3v) is 4.40. The van der Waals surface area contributed by atoms with E-state index >= 15 is 0 Å². The van der Waals surface area contributed by atoms with Crippen LogP contribution in [0.25, 0.3) is 5.69 Å². The maximum atomic E-state index is 10.9. The molecule has 1 aromatic carbocycles. The fourth-order valence-corrected chi connectivity index (χ4v) is 3.22. The first-order valence-electron chi connectivity index (χ1n) is 8.01. The first kappa shape index (κ1) is 21.1. The van der Waals surface area contributed by atoms with Crippen molar-refractivity contribution in [3.8, 4) is 5.69 Å². The predicted octanol–water partition coefficient (Wildman–Crippen LogP) is 3.34. The standard InChI is InChI=1S/C10H8N2O2.C9H9BrO4/c13-10(14)8-6-11-12(7-8)9-4-2-1-3-5-9;1-9(8(13)14)3-5(7(11)12)2-6(10)4-9/h1-7H,(H,13,14);2,4H,3H2,1H3,(H,11,12)(H,13,14). The highest BCUT2D eigenvalue weighted by Gasteiger charge is 2.36. The van der Waals surface area contributed by atoms with Gasteiger partial charge < -0.3 is 15.3 Å². The lowest BCUT2D eigenvalue weighted by Crippen LogP contribution is -2.29. The quantitative estimate of drug-likeness (QED) is 0.653. The molecule has 9 heteroatoms. The topological polar surface area (TPSA) is 130 Å². The van der Waals surface area contributed by atoms with E-state index in [1.807, 2.05) is 30.3 Å². The number of nitrogens with zero attached hydrogens (tertiary/aromatic N) is 2. The molecule has 28 heavy (non-hydrogen) atoms. The number of carboxylic acids is 3. The third kappa shape index (κ3) is 5.17. The van der Waals surface area contributed by atoms with Crippen molar-refractivity contribution in [2.75, 3.05) is 0 Å². The summed E-state index contributed by atoms with van der Waals surface area (Å²) in [5.41, 5.74) is -0.000437. The van der Waals surface area contributed by atoms with Crippen molar-refractivity contribution >= 4 is 33.8 Å². The molecule has 0 saturated heterocycles. The Morgan fingerprint density at radius 3 is 2.25 bits per heavy atom. The largest absolute Gasteiger partial charge is 0.481 e. The third-order valence-electron chi connectivity index (χ3n) is 3.94. The van der Waals surface area contributed by atoms with Crippen molar-refractivity contribution < 1.29 is 29.7 Å². The van der Waals surface area contributed by atoms with Crippen molar-refractivity contribution in [1.82, 2.24) is 9.78 Å². The summed E-state index contributed by atoms with van der Waals surface area (Å²) in [5, 5.41) is 30.3. The Bertz CT molecular complexity index is 964. The van der Waals surface area contributed by atoms with E-state index in [4.69, 9.17) is 15.3 Å². The lowest BCUT2D eigenvalue weighted by Gasteiger charge is -2.24. The molecule has 0 amide bonds. The molecule has 0 saturated carbocycles. The van der Waals surface area contributed by atoms with E-state index in [-0.39, 0.29) is 17.6 Å². The highest BCUT2D eigenvalue weighted by atomic mass is 79.9. The van der Waals surface area contributed by atoms with Gasteiger partial charge in [0.25, 0.3) is 0 Å². The number of aliphatic carboxylic acids is 2. The van der Waals surface area contributed by atoms with Gasteiger partial charge in [-0.15, -0.1) is 0 Å². The van der Waals surface area contributed by atoms with Crippen LogP contribution in [0.2, 0.25) is 0 Å². The van der Waals surface area contributed by atoms with Crippen LogP contribution in [0.4, 0.5) is 0 Å². The Morgan fingerprint density at radius 1 is 1.11 bits per heavy atom. The van der Waals surface area contributed by atoms with Crippen molar-refractivity contribution in [3.63, 3.8) is 0 Å². The molecule has 0 radical (unpaired) electrons. The number of benzene rings is 1. The van der Waals surface area contributed by atoms with E-state index in [9.17, 15) is 14.4 Å². The van der Waals surface area contributed by atoms with Gasteiger partial charge in [-0.2, -0.15) is 5.10 Å². The molecule has 1 aliphatic rings. The monoisotopic (exact) mass is 448 g/mol. The molecule has 1 heterocycles. The summed E-state index contributed by atoms with van der Waals surface area (Å²) in [6.45, 7) is 1.49. The van der Waals surface area contributed by atoms with Gasteiger partial charge in [0.15, 0.2) is 0 Å². The minimum absolute atomic E-state index is 0.00671. The number of para-hydroxylation sites is 1. The molecule has 0 bridgehead atoms. The Balaban J connectivity index is 0.000000200. The summed E-state index contributed by atoms with van der Waals surface area (Å²) in [6.07, 6.45) is 5.74. The molecule has 0 spiro atoms. The molecule has 1 aliphatic carbocycles. The van der Waals surface area contributed by atoms with Crippen LogP contribution < -0.4 is 0 Å². The summed E-state index contributed by atoms with van der Waals surface area (Å²) >= 11 is 3.10. The summed E-state index contributed by atoms with van der Waals surface area (Å²) in [4.78, 5) is 32.2. The Morgan fingerprint density at radius 2 is 1.75 bits per heavy atom. The number of carbonyl (C=O) groups is 3. The second kappa shape index (κ2) is 8.66. The first-order valence-corrected chi connectivity index (χ1v) is 8.81. The number of hydrogen-bond donors (Lipinski definition) is 3. The smallest absolute Gasteiger partial charge is 0.338 e. The lowest BCUT2D eigenvalue weighted by molar-refractivity contribution is -0.145. The maximum Gasteiger partial charge on any atom is 0.338 e. The van der Waals surface area contributed by atoms with Gasteiger partial charge in [0.1, 0.15) is 0 Å². The van der Waals surface area contributed by atoms with Crippen LogP contribution in [0.3, 0.4) is 0 Å². The molecule has 1 atom stereocenters. The van der Waals surface area contributed by atoms with Gasteiger partial charge in [-0.1, -0.05) is 40.2 Å². The minimum atomic E-state index is -1.14. The zero-order valence-electron chi connectivity index (χ0n) is 14.7. The molecular weight excluding hydrogens is 432 g/mol. The summed E-state index contributed by atoms with van der Waals surface area (Å²) in [7, 11) is 0. The van der Waals surface area contributed by atoms with Crippen molar-refractivity contribution in [2.24, 2.45) is 5.41 Å². The van der Waals surface area contributed by atoms with Crippen molar-refractivity contribution in [3.05, 3.63) is 70.5 Å². The lowest BCUT2D eigenvalue weighted by atomic mass is 9.80. The Labute approximate surface area is 168 Å². The summed E-state index contributed by atoms with van der Waals surface area (Å²) in [5.74, 6) is -3.07. The first-order chi connectivity index (χ1) is 13.1. The molecule has 0 fully saturated rings.